The van der Waals surface area contributed by atoms with Gasteiger partial charge in [-0.1, -0.05) is 6.07 Å². The highest BCUT2D eigenvalue weighted by Gasteiger charge is 2.14. The summed E-state index contributed by atoms with van der Waals surface area (Å²) >= 11 is 0. The zero-order valence-electron chi connectivity index (χ0n) is 11.2. The Morgan fingerprint density at radius 3 is 2.45 bits per heavy atom. The molecule has 0 spiro atoms. The molecule has 1 heterocycles. The van der Waals surface area contributed by atoms with Gasteiger partial charge < -0.3 is 16.4 Å². The van der Waals surface area contributed by atoms with Crippen molar-refractivity contribution < 1.29 is 9.59 Å². The molecule has 0 saturated heterocycles. The lowest BCUT2D eigenvalue weighted by Crippen LogP contribution is -2.15. The number of benzene rings is 1. The summed E-state index contributed by atoms with van der Waals surface area (Å²) in [5.41, 5.74) is 7.31. The second-order valence-electron chi connectivity index (χ2n) is 4.32. The van der Waals surface area contributed by atoms with E-state index in [1.54, 1.807) is 37.5 Å². The molecule has 0 bridgehead atoms. The number of nitrogens with two attached hydrogens (primary N) is 1. The first-order valence-electron chi connectivity index (χ1n) is 5.94. The Morgan fingerprint density at radius 2 is 1.90 bits per heavy atom. The van der Waals surface area contributed by atoms with Crippen LogP contribution < -0.4 is 16.4 Å². The van der Waals surface area contributed by atoms with E-state index < -0.39 is 5.91 Å². The van der Waals surface area contributed by atoms with Crippen LogP contribution in [0.15, 0.2) is 30.5 Å². The van der Waals surface area contributed by atoms with Crippen molar-refractivity contribution in [3.63, 3.8) is 0 Å². The zero-order valence-corrected chi connectivity index (χ0v) is 11.2. The van der Waals surface area contributed by atoms with E-state index >= 15 is 0 Å². The Labute approximate surface area is 115 Å². The van der Waals surface area contributed by atoms with Gasteiger partial charge in [-0.05, 0) is 18.2 Å². The molecule has 1 aromatic carbocycles. The summed E-state index contributed by atoms with van der Waals surface area (Å²) < 4.78 is 1.47. The summed E-state index contributed by atoms with van der Waals surface area (Å²) in [6.45, 7) is 1.42. The van der Waals surface area contributed by atoms with Gasteiger partial charge in [-0.3, -0.25) is 14.3 Å². The van der Waals surface area contributed by atoms with E-state index in [2.05, 4.69) is 15.7 Å². The van der Waals surface area contributed by atoms with Crippen LogP contribution in [-0.4, -0.2) is 21.6 Å². The first-order chi connectivity index (χ1) is 9.45. The van der Waals surface area contributed by atoms with Crippen molar-refractivity contribution in [2.45, 2.75) is 6.92 Å². The molecule has 7 heteroatoms. The smallest absolute Gasteiger partial charge is 0.278 e. The maximum atomic E-state index is 12.0. The number of nitrogens with one attached hydrogen (secondary N) is 2. The van der Waals surface area contributed by atoms with Crippen molar-refractivity contribution in [1.29, 1.82) is 0 Å². The van der Waals surface area contributed by atoms with E-state index in [1.807, 2.05) is 0 Å². The molecule has 7 nitrogen and oxygen atoms in total. The predicted octanol–water partition coefficient (Wildman–Crippen LogP) is 1.21. The summed E-state index contributed by atoms with van der Waals surface area (Å²) in [7, 11) is 1.69. The number of carbonyl (C=O) groups is 2. The molecular formula is C13H15N5O2. The molecule has 0 aliphatic carbocycles. The van der Waals surface area contributed by atoms with Crippen molar-refractivity contribution in [3.8, 4) is 0 Å². The van der Waals surface area contributed by atoms with Crippen molar-refractivity contribution in [1.82, 2.24) is 9.78 Å². The van der Waals surface area contributed by atoms with Gasteiger partial charge in [0.05, 0.1) is 5.69 Å². The molecule has 0 atom stereocenters. The van der Waals surface area contributed by atoms with E-state index in [4.69, 9.17) is 5.73 Å². The molecule has 0 saturated carbocycles. The van der Waals surface area contributed by atoms with Gasteiger partial charge in [-0.15, -0.1) is 0 Å². The maximum absolute atomic E-state index is 12.0. The molecule has 20 heavy (non-hydrogen) atoms. The average molecular weight is 273 g/mol. The summed E-state index contributed by atoms with van der Waals surface area (Å²) in [4.78, 5) is 23.0. The van der Waals surface area contributed by atoms with Gasteiger partial charge in [0.15, 0.2) is 5.69 Å². The van der Waals surface area contributed by atoms with Gasteiger partial charge in [0, 0.05) is 31.5 Å². The Kier molecular flexibility index (Phi) is 3.69. The minimum Gasteiger partial charge on any atom is -0.396 e. The van der Waals surface area contributed by atoms with Crippen LogP contribution in [0.4, 0.5) is 17.1 Å². The van der Waals surface area contributed by atoms with E-state index in [-0.39, 0.29) is 11.6 Å². The molecule has 0 fully saturated rings. The normalized spacial score (nSPS) is 10.1. The number of nitrogens with zero attached hydrogens (tertiary/aromatic N) is 2. The molecule has 1 aromatic heterocycles. The minimum atomic E-state index is -0.400. The van der Waals surface area contributed by atoms with Crippen LogP contribution in [0.2, 0.25) is 0 Å². The van der Waals surface area contributed by atoms with Crippen LogP contribution >= 0.6 is 0 Å². The van der Waals surface area contributed by atoms with Crippen molar-refractivity contribution in [2.75, 3.05) is 16.4 Å². The lowest BCUT2D eigenvalue weighted by atomic mass is 10.2. The van der Waals surface area contributed by atoms with Crippen molar-refractivity contribution in [2.24, 2.45) is 7.05 Å². The first-order valence-corrected chi connectivity index (χ1v) is 5.94. The third kappa shape index (κ3) is 3.14. The van der Waals surface area contributed by atoms with Crippen LogP contribution in [0.3, 0.4) is 0 Å². The monoisotopic (exact) mass is 273 g/mol. The van der Waals surface area contributed by atoms with Gasteiger partial charge in [0.2, 0.25) is 5.91 Å². The number of hydrogen-bond acceptors (Lipinski definition) is 4. The summed E-state index contributed by atoms with van der Waals surface area (Å²) in [6.07, 6.45) is 1.56. The quantitative estimate of drug-likeness (QED) is 0.782. The summed E-state index contributed by atoms with van der Waals surface area (Å²) in [6, 6.07) is 6.82. The van der Waals surface area contributed by atoms with Crippen LogP contribution in [0.5, 0.6) is 0 Å². The van der Waals surface area contributed by atoms with E-state index in [0.29, 0.717) is 17.1 Å². The molecule has 0 aliphatic heterocycles. The molecular weight excluding hydrogens is 258 g/mol. The number of hydrogen-bond donors (Lipinski definition) is 3. The van der Waals surface area contributed by atoms with E-state index in [0.717, 1.165) is 0 Å². The van der Waals surface area contributed by atoms with Gasteiger partial charge in [0.25, 0.3) is 5.91 Å². The van der Waals surface area contributed by atoms with Gasteiger partial charge >= 0.3 is 0 Å². The van der Waals surface area contributed by atoms with E-state index in [1.165, 1.54) is 11.6 Å². The van der Waals surface area contributed by atoms with Gasteiger partial charge in [-0.25, -0.2) is 0 Å². The standard InChI is InChI=1S/C13H15N5O2/c1-8(19)15-9-4-3-5-10(6-9)16-13(20)12-11(14)7-18(2)17-12/h3-7H,14H2,1-2H3,(H,15,19)(H,16,20). The highest BCUT2D eigenvalue weighted by molar-refractivity contribution is 6.06. The fraction of sp³-hybridized carbons (Fsp3) is 0.154. The third-order valence-corrected chi connectivity index (χ3v) is 2.51. The van der Waals surface area contributed by atoms with Crippen LogP contribution in [0.25, 0.3) is 0 Å². The van der Waals surface area contributed by atoms with E-state index in [9.17, 15) is 9.59 Å². The summed E-state index contributed by atoms with van der Waals surface area (Å²) in [5.74, 6) is -0.578. The Hall–Kier alpha value is -2.83. The Morgan fingerprint density at radius 1 is 1.25 bits per heavy atom. The lowest BCUT2D eigenvalue weighted by Gasteiger charge is -2.07. The molecule has 0 aliphatic rings. The molecule has 0 unspecified atom stereocenters. The highest BCUT2D eigenvalue weighted by Crippen LogP contribution is 2.17. The summed E-state index contributed by atoms with van der Waals surface area (Å²) in [5, 5.41) is 9.31. The second kappa shape index (κ2) is 5.43. The first kappa shape index (κ1) is 13.6. The molecule has 2 rings (SSSR count). The third-order valence-electron chi connectivity index (χ3n) is 2.51. The number of nitrogen functional groups attached to an aromatic ring is 1. The Bertz CT molecular complexity index is 663. The van der Waals surface area contributed by atoms with Crippen LogP contribution in [0.1, 0.15) is 17.4 Å². The van der Waals surface area contributed by atoms with Gasteiger partial charge in [0.1, 0.15) is 0 Å². The number of anilines is 3. The SMILES string of the molecule is CC(=O)Nc1cccc(NC(=O)c2nn(C)cc2N)c1. The molecule has 0 radical (unpaired) electrons. The second-order valence-corrected chi connectivity index (χ2v) is 4.32. The van der Waals surface area contributed by atoms with Crippen LogP contribution in [-0.2, 0) is 11.8 Å². The van der Waals surface area contributed by atoms with Gasteiger partial charge in [-0.2, -0.15) is 5.10 Å². The number of aromatic nitrogens is 2. The largest absolute Gasteiger partial charge is 0.396 e. The average Bonchev–Trinajstić information content (AvgIpc) is 2.68. The lowest BCUT2D eigenvalue weighted by molar-refractivity contribution is -0.114. The number of aryl methyl sites for hydroxylation is 1. The Balaban J connectivity index is 2.15. The van der Waals surface area contributed by atoms with Crippen molar-refractivity contribution >= 4 is 28.9 Å². The number of rotatable bonds is 3. The fourth-order valence-electron chi connectivity index (χ4n) is 1.75. The topological polar surface area (TPSA) is 102 Å². The number of amides is 2. The predicted molar refractivity (Wildman–Crippen MR) is 76.3 cm³/mol. The maximum Gasteiger partial charge on any atom is 0.278 e. The minimum absolute atomic E-state index is 0.164. The zero-order chi connectivity index (χ0) is 14.7. The van der Waals surface area contributed by atoms with Crippen molar-refractivity contribution in [3.05, 3.63) is 36.2 Å². The molecule has 4 N–H and O–H groups in total. The fourth-order valence-corrected chi connectivity index (χ4v) is 1.75. The molecule has 104 valence electrons. The van der Waals surface area contributed by atoms with Crippen LogP contribution in [0, 0.1) is 0 Å². The highest BCUT2D eigenvalue weighted by atomic mass is 16.2. The number of carbonyl (C=O) groups excluding carboxylic acids is 2. The molecule has 2 aromatic rings. The molecule has 2 amide bonds.